The van der Waals surface area contributed by atoms with E-state index in [1.807, 2.05) is 6.92 Å². The molecule has 0 radical (unpaired) electrons. The fourth-order valence-corrected chi connectivity index (χ4v) is 2.14. The number of nitro benzene ring substituents is 1. The number of hydrogen-bond acceptors (Lipinski definition) is 6. The third kappa shape index (κ3) is 5.66. The van der Waals surface area contributed by atoms with Crippen LogP contribution in [0.25, 0.3) is 0 Å². The van der Waals surface area contributed by atoms with Crippen LogP contribution in [0, 0.1) is 10.1 Å². The van der Waals surface area contributed by atoms with Gasteiger partial charge in [-0.15, -0.1) is 0 Å². The molecule has 0 unspecified atom stereocenters. The lowest BCUT2D eigenvalue weighted by molar-refractivity contribution is -0.385. The van der Waals surface area contributed by atoms with Crippen LogP contribution in [0.1, 0.15) is 19.8 Å². The SMILES string of the molecule is CCCCOCCOc1ccc([N+](=O)[O-])cc1S(=O)(=O)O. The van der Waals surface area contributed by atoms with Crippen molar-refractivity contribution < 1.29 is 27.4 Å². The quantitative estimate of drug-likeness (QED) is 0.320. The molecule has 0 saturated carbocycles. The van der Waals surface area contributed by atoms with E-state index in [-0.39, 0.29) is 19.0 Å². The Morgan fingerprint density at radius 3 is 2.57 bits per heavy atom. The summed E-state index contributed by atoms with van der Waals surface area (Å²) in [5, 5.41) is 10.6. The predicted octanol–water partition coefficient (Wildman–Crippen LogP) is 2.04. The first-order valence-electron chi connectivity index (χ1n) is 6.32. The number of ether oxygens (including phenoxy) is 2. The average Bonchev–Trinajstić information content (AvgIpc) is 2.41. The summed E-state index contributed by atoms with van der Waals surface area (Å²) in [7, 11) is -4.61. The monoisotopic (exact) mass is 319 g/mol. The maximum absolute atomic E-state index is 11.2. The molecule has 1 aromatic carbocycles. The molecule has 0 aliphatic carbocycles. The Hall–Kier alpha value is -1.71. The lowest BCUT2D eigenvalue weighted by Gasteiger charge is -2.10. The average molecular weight is 319 g/mol. The van der Waals surface area contributed by atoms with Gasteiger partial charge in [-0.1, -0.05) is 13.3 Å². The summed E-state index contributed by atoms with van der Waals surface area (Å²) in [5.41, 5.74) is -0.450. The summed E-state index contributed by atoms with van der Waals surface area (Å²) in [4.78, 5) is 9.23. The molecule has 0 aliphatic heterocycles. The molecule has 1 rings (SSSR count). The number of rotatable bonds is 9. The number of non-ortho nitro benzene ring substituents is 1. The normalized spacial score (nSPS) is 11.3. The lowest BCUT2D eigenvalue weighted by Crippen LogP contribution is -2.10. The molecule has 9 heteroatoms. The molecular weight excluding hydrogens is 302 g/mol. The van der Waals surface area contributed by atoms with Gasteiger partial charge in [-0.2, -0.15) is 8.42 Å². The third-order valence-electron chi connectivity index (χ3n) is 2.54. The van der Waals surface area contributed by atoms with E-state index in [4.69, 9.17) is 14.0 Å². The van der Waals surface area contributed by atoms with E-state index in [1.54, 1.807) is 0 Å². The fourth-order valence-electron chi connectivity index (χ4n) is 1.49. The summed E-state index contributed by atoms with van der Waals surface area (Å²) in [5.74, 6) is -0.151. The van der Waals surface area contributed by atoms with E-state index >= 15 is 0 Å². The fraction of sp³-hybridized carbons (Fsp3) is 0.500. The molecule has 1 aromatic rings. The molecule has 118 valence electrons. The topological polar surface area (TPSA) is 116 Å². The van der Waals surface area contributed by atoms with Crippen molar-refractivity contribution in [1.82, 2.24) is 0 Å². The van der Waals surface area contributed by atoms with E-state index in [2.05, 4.69) is 0 Å². The highest BCUT2D eigenvalue weighted by Gasteiger charge is 2.21. The van der Waals surface area contributed by atoms with Gasteiger partial charge in [0.25, 0.3) is 15.8 Å². The first-order chi connectivity index (χ1) is 9.86. The second-order valence-corrected chi connectivity index (χ2v) is 5.57. The number of unbranched alkanes of at least 4 members (excludes halogenated alkanes) is 1. The summed E-state index contributed by atoms with van der Waals surface area (Å²) in [6.45, 7) is 2.92. The Morgan fingerprint density at radius 2 is 2.00 bits per heavy atom. The lowest BCUT2D eigenvalue weighted by atomic mass is 10.3. The number of benzene rings is 1. The Balaban J connectivity index is 2.75. The van der Waals surface area contributed by atoms with Gasteiger partial charge < -0.3 is 9.47 Å². The van der Waals surface area contributed by atoms with Gasteiger partial charge in [-0.25, -0.2) is 0 Å². The third-order valence-corrected chi connectivity index (χ3v) is 3.42. The first-order valence-corrected chi connectivity index (χ1v) is 7.76. The maximum Gasteiger partial charge on any atom is 0.298 e. The Labute approximate surface area is 122 Å². The highest BCUT2D eigenvalue weighted by atomic mass is 32.2. The Morgan fingerprint density at radius 1 is 1.29 bits per heavy atom. The molecule has 8 nitrogen and oxygen atoms in total. The van der Waals surface area contributed by atoms with E-state index < -0.39 is 25.6 Å². The van der Waals surface area contributed by atoms with Crippen LogP contribution >= 0.6 is 0 Å². The van der Waals surface area contributed by atoms with Crippen LogP contribution in [0.5, 0.6) is 5.75 Å². The van der Waals surface area contributed by atoms with Gasteiger partial charge in [0, 0.05) is 18.7 Å². The van der Waals surface area contributed by atoms with Gasteiger partial charge in [-0.05, 0) is 12.5 Å². The van der Waals surface area contributed by atoms with Crippen LogP contribution < -0.4 is 4.74 Å². The van der Waals surface area contributed by atoms with Crippen molar-refractivity contribution in [2.75, 3.05) is 19.8 Å². The zero-order valence-corrected chi connectivity index (χ0v) is 12.3. The van der Waals surface area contributed by atoms with Crippen LogP contribution in [0.4, 0.5) is 5.69 Å². The number of nitrogens with zero attached hydrogens (tertiary/aromatic N) is 1. The minimum absolute atomic E-state index is 0.0735. The summed E-state index contributed by atoms with van der Waals surface area (Å²) in [6, 6.07) is 2.98. The van der Waals surface area contributed by atoms with Gasteiger partial charge in [0.1, 0.15) is 17.3 Å². The van der Waals surface area contributed by atoms with Crippen LogP contribution in [0.2, 0.25) is 0 Å². The van der Waals surface area contributed by atoms with Crippen LogP contribution in [-0.4, -0.2) is 37.7 Å². The Bertz CT molecular complexity index is 585. The zero-order valence-electron chi connectivity index (χ0n) is 11.5. The standard InChI is InChI=1S/C12H17NO7S/c1-2-3-6-19-7-8-20-11-5-4-10(13(14)15)9-12(11)21(16,17)18/h4-5,9H,2-3,6-8H2,1H3,(H,16,17,18). The minimum Gasteiger partial charge on any atom is -0.490 e. The summed E-state index contributed by atoms with van der Waals surface area (Å²) < 4.78 is 42.0. The maximum atomic E-state index is 11.2. The van der Waals surface area contributed by atoms with Gasteiger partial charge in [0.2, 0.25) is 0 Å². The highest BCUT2D eigenvalue weighted by Crippen LogP contribution is 2.28. The first kappa shape index (κ1) is 17.3. The van der Waals surface area contributed by atoms with Gasteiger partial charge >= 0.3 is 0 Å². The van der Waals surface area contributed by atoms with Crippen molar-refractivity contribution in [3.05, 3.63) is 28.3 Å². The van der Waals surface area contributed by atoms with E-state index in [1.165, 1.54) is 0 Å². The second kappa shape index (κ2) is 7.91. The molecular formula is C12H17NO7S. The second-order valence-electron chi connectivity index (χ2n) is 4.18. The molecule has 0 aliphatic rings. The molecule has 0 saturated heterocycles. The summed E-state index contributed by atoms with van der Waals surface area (Å²) >= 11 is 0. The van der Waals surface area contributed by atoms with Crippen molar-refractivity contribution >= 4 is 15.8 Å². The van der Waals surface area contributed by atoms with E-state index in [9.17, 15) is 18.5 Å². The van der Waals surface area contributed by atoms with Crippen molar-refractivity contribution in [3.8, 4) is 5.75 Å². The molecule has 0 spiro atoms. The molecule has 0 atom stereocenters. The van der Waals surface area contributed by atoms with Crippen molar-refractivity contribution in [2.24, 2.45) is 0 Å². The van der Waals surface area contributed by atoms with Gasteiger partial charge in [0.15, 0.2) is 0 Å². The molecule has 0 heterocycles. The van der Waals surface area contributed by atoms with E-state index in [0.29, 0.717) is 6.61 Å². The van der Waals surface area contributed by atoms with Crippen molar-refractivity contribution in [1.29, 1.82) is 0 Å². The molecule has 21 heavy (non-hydrogen) atoms. The zero-order chi connectivity index (χ0) is 15.9. The van der Waals surface area contributed by atoms with Crippen molar-refractivity contribution in [3.63, 3.8) is 0 Å². The number of hydrogen-bond donors (Lipinski definition) is 1. The van der Waals surface area contributed by atoms with Crippen LogP contribution in [0.3, 0.4) is 0 Å². The predicted molar refractivity (Wildman–Crippen MR) is 74.1 cm³/mol. The van der Waals surface area contributed by atoms with Gasteiger partial charge in [0.05, 0.1) is 11.5 Å². The number of nitro groups is 1. The highest BCUT2D eigenvalue weighted by molar-refractivity contribution is 7.86. The van der Waals surface area contributed by atoms with Crippen LogP contribution in [0.15, 0.2) is 23.1 Å². The van der Waals surface area contributed by atoms with Gasteiger partial charge in [-0.3, -0.25) is 14.7 Å². The molecule has 0 amide bonds. The minimum atomic E-state index is -4.61. The molecule has 1 N–H and O–H groups in total. The smallest absolute Gasteiger partial charge is 0.298 e. The molecule has 0 aromatic heterocycles. The largest absolute Gasteiger partial charge is 0.490 e. The van der Waals surface area contributed by atoms with Crippen molar-refractivity contribution in [2.45, 2.75) is 24.7 Å². The Kier molecular flexibility index (Phi) is 6.53. The molecule has 0 bridgehead atoms. The molecule has 0 fully saturated rings. The van der Waals surface area contributed by atoms with E-state index in [0.717, 1.165) is 31.0 Å². The summed E-state index contributed by atoms with van der Waals surface area (Å²) in [6.07, 6.45) is 1.91. The van der Waals surface area contributed by atoms with Crippen LogP contribution in [-0.2, 0) is 14.9 Å².